The number of ether oxygens (including phenoxy) is 3. The van der Waals surface area contributed by atoms with Gasteiger partial charge in [0.1, 0.15) is 13.2 Å². The maximum absolute atomic E-state index is 12.8. The molecule has 59 heavy (non-hydrogen) atoms. The standard InChI is InChI=1S/C53H92O6/c1-4-7-10-13-16-19-22-25-27-29-31-34-37-40-43-46-52(55)58-49-50(48-57-51(54)45-42-39-36-33-30-24-21-18-15-12-9-6-3)59-53(56)47-44-41-38-35-32-28-26-23-20-17-14-11-8-5-2/h7,10,14,16-17,19,23,25-27,50H,4-6,8-9,11-13,15,18,20-22,24,28-49H2,1-3H3/b10-7-,17-14-,19-16-,26-23-,27-25-. The van der Waals surface area contributed by atoms with Crippen LogP contribution in [0, 0.1) is 0 Å². The zero-order chi connectivity index (χ0) is 43.0. The van der Waals surface area contributed by atoms with Crippen molar-refractivity contribution in [3.8, 4) is 0 Å². The first-order chi connectivity index (χ1) is 29.0. The van der Waals surface area contributed by atoms with Gasteiger partial charge in [-0.15, -0.1) is 0 Å². The van der Waals surface area contributed by atoms with E-state index in [-0.39, 0.29) is 31.1 Å². The highest BCUT2D eigenvalue weighted by atomic mass is 16.6. The quantitative estimate of drug-likeness (QED) is 0.0263. The lowest BCUT2D eigenvalue weighted by Gasteiger charge is -2.18. The van der Waals surface area contributed by atoms with Crippen molar-refractivity contribution in [1.82, 2.24) is 0 Å². The largest absolute Gasteiger partial charge is 0.462 e. The maximum Gasteiger partial charge on any atom is 0.306 e. The second kappa shape index (κ2) is 47.8. The summed E-state index contributed by atoms with van der Waals surface area (Å²) in [6.45, 7) is 6.46. The number of rotatable bonds is 44. The van der Waals surface area contributed by atoms with Gasteiger partial charge >= 0.3 is 17.9 Å². The Kier molecular flexibility index (Phi) is 45.4. The third-order valence-electron chi connectivity index (χ3n) is 10.5. The minimum Gasteiger partial charge on any atom is -0.462 e. The van der Waals surface area contributed by atoms with Crippen LogP contribution >= 0.6 is 0 Å². The van der Waals surface area contributed by atoms with Gasteiger partial charge in [-0.25, -0.2) is 0 Å². The predicted octanol–water partition coefficient (Wildman–Crippen LogP) is 16.1. The highest BCUT2D eigenvalue weighted by molar-refractivity contribution is 5.71. The summed E-state index contributed by atoms with van der Waals surface area (Å²) in [7, 11) is 0. The van der Waals surface area contributed by atoms with E-state index in [1.54, 1.807) is 0 Å². The zero-order valence-corrected chi connectivity index (χ0v) is 38.8. The van der Waals surface area contributed by atoms with Gasteiger partial charge < -0.3 is 14.2 Å². The van der Waals surface area contributed by atoms with Gasteiger partial charge in [0.25, 0.3) is 0 Å². The van der Waals surface area contributed by atoms with Crippen molar-refractivity contribution >= 4 is 17.9 Å². The van der Waals surface area contributed by atoms with Crippen molar-refractivity contribution in [2.75, 3.05) is 13.2 Å². The third-order valence-corrected chi connectivity index (χ3v) is 10.5. The molecule has 1 atom stereocenters. The topological polar surface area (TPSA) is 78.9 Å². The molecule has 0 saturated carbocycles. The Bertz CT molecular complexity index is 1090. The van der Waals surface area contributed by atoms with Gasteiger partial charge in [-0.3, -0.25) is 14.4 Å². The molecule has 0 aromatic heterocycles. The second-order valence-corrected chi connectivity index (χ2v) is 16.3. The van der Waals surface area contributed by atoms with E-state index in [1.165, 1.54) is 77.0 Å². The number of esters is 3. The van der Waals surface area contributed by atoms with Crippen LogP contribution in [0.1, 0.15) is 239 Å². The molecule has 6 nitrogen and oxygen atoms in total. The van der Waals surface area contributed by atoms with Gasteiger partial charge in [0.2, 0.25) is 0 Å². The second-order valence-electron chi connectivity index (χ2n) is 16.3. The van der Waals surface area contributed by atoms with Gasteiger partial charge in [-0.2, -0.15) is 0 Å². The van der Waals surface area contributed by atoms with Crippen molar-refractivity contribution in [1.29, 1.82) is 0 Å². The van der Waals surface area contributed by atoms with E-state index in [1.807, 2.05) is 0 Å². The van der Waals surface area contributed by atoms with Crippen molar-refractivity contribution in [2.24, 2.45) is 0 Å². The zero-order valence-electron chi connectivity index (χ0n) is 38.8. The predicted molar refractivity (Wildman–Crippen MR) is 251 cm³/mol. The maximum atomic E-state index is 12.8. The molecule has 0 fully saturated rings. The molecule has 0 bridgehead atoms. The Hall–Kier alpha value is -2.89. The first-order valence-corrected chi connectivity index (χ1v) is 24.8. The molecular weight excluding hydrogens is 733 g/mol. The molecular formula is C53H92O6. The van der Waals surface area contributed by atoms with Gasteiger partial charge in [-0.05, 0) is 77.0 Å². The van der Waals surface area contributed by atoms with Crippen molar-refractivity contribution < 1.29 is 28.6 Å². The Labute approximate surface area is 364 Å². The molecule has 0 aliphatic rings. The minimum atomic E-state index is -0.785. The average molecular weight is 825 g/mol. The van der Waals surface area contributed by atoms with E-state index >= 15 is 0 Å². The number of carbonyl (C=O) groups is 3. The fourth-order valence-electron chi connectivity index (χ4n) is 6.77. The van der Waals surface area contributed by atoms with Crippen molar-refractivity contribution in [3.05, 3.63) is 60.8 Å². The molecule has 340 valence electrons. The van der Waals surface area contributed by atoms with E-state index in [4.69, 9.17) is 14.2 Å². The van der Waals surface area contributed by atoms with E-state index in [2.05, 4.69) is 81.5 Å². The van der Waals surface area contributed by atoms with Gasteiger partial charge in [-0.1, -0.05) is 204 Å². The van der Waals surface area contributed by atoms with E-state index < -0.39 is 6.10 Å². The number of hydrogen-bond acceptors (Lipinski definition) is 6. The van der Waals surface area contributed by atoms with E-state index in [9.17, 15) is 14.4 Å². The molecule has 0 rings (SSSR count). The Balaban J connectivity index is 4.42. The summed E-state index contributed by atoms with van der Waals surface area (Å²) in [5, 5.41) is 0. The molecule has 0 amide bonds. The molecule has 0 aliphatic heterocycles. The van der Waals surface area contributed by atoms with Crippen LogP contribution < -0.4 is 0 Å². The van der Waals surface area contributed by atoms with Crippen LogP contribution in [0.15, 0.2) is 60.8 Å². The van der Waals surface area contributed by atoms with E-state index in [0.717, 1.165) is 122 Å². The fraction of sp³-hybridized carbons (Fsp3) is 0.755. The van der Waals surface area contributed by atoms with Crippen LogP contribution in [-0.4, -0.2) is 37.2 Å². The summed E-state index contributed by atoms with van der Waals surface area (Å²) in [6.07, 6.45) is 57.7. The molecule has 0 N–H and O–H groups in total. The van der Waals surface area contributed by atoms with Gasteiger partial charge in [0.15, 0.2) is 6.10 Å². The van der Waals surface area contributed by atoms with Gasteiger partial charge in [0.05, 0.1) is 0 Å². The summed E-state index contributed by atoms with van der Waals surface area (Å²) < 4.78 is 16.7. The molecule has 6 heteroatoms. The Morgan fingerprint density at radius 1 is 0.356 bits per heavy atom. The highest BCUT2D eigenvalue weighted by Crippen LogP contribution is 2.14. The average Bonchev–Trinajstić information content (AvgIpc) is 3.23. The van der Waals surface area contributed by atoms with Crippen molar-refractivity contribution in [2.45, 2.75) is 245 Å². The highest BCUT2D eigenvalue weighted by Gasteiger charge is 2.19. The minimum absolute atomic E-state index is 0.0841. The first kappa shape index (κ1) is 56.1. The van der Waals surface area contributed by atoms with E-state index in [0.29, 0.717) is 19.3 Å². The number of hydrogen-bond donors (Lipinski definition) is 0. The van der Waals surface area contributed by atoms with Gasteiger partial charge in [0, 0.05) is 19.3 Å². The lowest BCUT2D eigenvalue weighted by Crippen LogP contribution is -2.30. The summed E-state index contributed by atoms with van der Waals surface area (Å²) in [6, 6.07) is 0. The molecule has 0 aromatic carbocycles. The fourth-order valence-corrected chi connectivity index (χ4v) is 6.77. The normalized spacial score (nSPS) is 12.5. The van der Waals surface area contributed by atoms with Crippen LogP contribution in [0.4, 0.5) is 0 Å². The summed E-state index contributed by atoms with van der Waals surface area (Å²) >= 11 is 0. The lowest BCUT2D eigenvalue weighted by atomic mass is 10.0. The Morgan fingerprint density at radius 3 is 1.08 bits per heavy atom. The molecule has 0 saturated heterocycles. The third kappa shape index (κ3) is 46.0. The summed E-state index contributed by atoms with van der Waals surface area (Å²) in [5.41, 5.74) is 0. The van der Waals surface area contributed by atoms with Crippen LogP contribution in [-0.2, 0) is 28.6 Å². The molecule has 1 unspecified atom stereocenters. The molecule has 0 radical (unpaired) electrons. The summed E-state index contributed by atoms with van der Waals surface area (Å²) in [4.78, 5) is 37.9. The monoisotopic (exact) mass is 825 g/mol. The summed E-state index contributed by atoms with van der Waals surface area (Å²) in [5.74, 6) is -0.914. The lowest BCUT2D eigenvalue weighted by molar-refractivity contribution is -0.167. The number of unbranched alkanes of at least 4 members (excludes halogenated alkanes) is 23. The molecule has 0 aromatic rings. The molecule has 0 heterocycles. The van der Waals surface area contributed by atoms with Crippen molar-refractivity contribution in [3.63, 3.8) is 0 Å². The van der Waals surface area contributed by atoms with Crippen LogP contribution in [0.5, 0.6) is 0 Å². The van der Waals surface area contributed by atoms with Crippen LogP contribution in [0.3, 0.4) is 0 Å². The molecule has 0 spiro atoms. The SMILES string of the molecule is CC/C=C\C/C=C\C/C=C\CCCCCCCC(=O)OCC(COC(=O)CCCCCCCCCCCCCC)OC(=O)CCCCCCC/C=C\C/C=C\CCCC. The molecule has 0 aliphatic carbocycles. The Morgan fingerprint density at radius 2 is 0.678 bits per heavy atom. The van der Waals surface area contributed by atoms with Crippen LogP contribution in [0.2, 0.25) is 0 Å². The number of allylic oxidation sites excluding steroid dienone is 10. The smallest absolute Gasteiger partial charge is 0.306 e. The van der Waals surface area contributed by atoms with Crippen LogP contribution in [0.25, 0.3) is 0 Å². The first-order valence-electron chi connectivity index (χ1n) is 24.8. The number of carbonyl (C=O) groups excluding carboxylic acids is 3.